The van der Waals surface area contributed by atoms with Crippen molar-refractivity contribution in [2.75, 3.05) is 30.5 Å². The van der Waals surface area contributed by atoms with E-state index in [1.54, 1.807) is 52.0 Å². The Bertz CT molecular complexity index is 1340. The summed E-state index contributed by atoms with van der Waals surface area (Å²) >= 11 is 8.98. The third-order valence-electron chi connectivity index (χ3n) is 4.81. The second-order valence-corrected chi connectivity index (χ2v) is 11.6. The zero-order valence-electron chi connectivity index (χ0n) is 21.4. The minimum atomic E-state index is -0.654. The van der Waals surface area contributed by atoms with Crippen LogP contribution in [-0.2, 0) is 19.1 Å². The second-order valence-electron chi connectivity index (χ2n) is 7.61. The average Bonchev–Trinajstić information content (AvgIpc) is 3.47. The first-order valence-electron chi connectivity index (χ1n) is 11.6. The molecular formula is C24H25ClN4O7S3. The lowest BCUT2D eigenvalue weighted by molar-refractivity contribution is -0.118. The van der Waals surface area contributed by atoms with E-state index < -0.39 is 29.0 Å². The summed E-state index contributed by atoms with van der Waals surface area (Å²) in [4.78, 5) is 50.3. The molecule has 2 amide bonds. The molecule has 208 valence electrons. The number of amides is 2. The first-order chi connectivity index (χ1) is 18.6. The van der Waals surface area contributed by atoms with Gasteiger partial charge in [-0.05, 0) is 57.5 Å². The van der Waals surface area contributed by atoms with Crippen molar-refractivity contribution in [3.8, 4) is 5.75 Å². The molecule has 0 radical (unpaired) electrons. The number of thioether (sulfide) groups is 1. The van der Waals surface area contributed by atoms with Crippen LogP contribution in [0.1, 0.15) is 46.4 Å². The van der Waals surface area contributed by atoms with Crippen molar-refractivity contribution in [3.63, 3.8) is 0 Å². The molecule has 3 aromatic rings. The molecule has 1 aromatic carbocycles. The molecule has 1 atom stereocenters. The number of halogens is 1. The summed E-state index contributed by atoms with van der Waals surface area (Å²) in [6, 6.07) is 6.59. The van der Waals surface area contributed by atoms with Gasteiger partial charge in [0.2, 0.25) is 11.0 Å². The van der Waals surface area contributed by atoms with Gasteiger partial charge in [-0.15, -0.1) is 21.5 Å². The Balaban J connectivity index is 1.61. The van der Waals surface area contributed by atoms with Gasteiger partial charge in [0.1, 0.15) is 15.6 Å². The third-order valence-corrected chi connectivity index (χ3v) is 8.27. The highest BCUT2D eigenvalue weighted by atomic mass is 35.5. The Kier molecular flexibility index (Phi) is 11.1. The highest BCUT2D eigenvalue weighted by Gasteiger charge is 2.28. The van der Waals surface area contributed by atoms with E-state index >= 15 is 0 Å². The molecule has 39 heavy (non-hydrogen) atoms. The highest BCUT2D eigenvalue weighted by molar-refractivity contribution is 8.02. The fraction of sp³-hybridized carbons (Fsp3) is 0.333. The number of ether oxygens (including phenoxy) is 3. The number of carbonyl (C=O) groups is 4. The number of thiophene rings is 1. The zero-order valence-corrected chi connectivity index (χ0v) is 24.6. The van der Waals surface area contributed by atoms with E-state index in [-0.39, 0.29) is 40.4 Å². The monoisotopic (exact) mass is 612 g/mol. The van der Waals surface area contributed by atoms with Gasteiger partial charge in [-0.1, -0.05) is 34.7 Å². The van der Waals surface area contributed by atoms with E-state index in [1.807, 2.05) is 0 Å². The van der Waals surface area contributed by atoms with Crippen LogP contribution in [0.4, 0.5) is 10.1 Å². The van der Waals surface area contributed by atoms with E-state index in [1.165, 1.54) is 0 Å². The Morgan fingerprint density at radius 3 is 2.33 bits per heavy atom. The number of nitrogens with zero attached hydrogens (tertiary/aromatic N) is 2. The van der Waals surface area contributed by atoms with Crippen LogP contribution < -0.4 is 15.4 Å². The molecule has 0 spiro atoms. The van der Waals surface area contributed by atoms with Gasteiger partial charge >= 0.3 is 11.9 Å². The maximum atomic E-state index is 13.0. The van der Waals surface area contributed by atoms with Crippen molar-refractivity contribution in [1.82, 2.24) is 10.2 Å². The van der Waals surface area contributed by atoms with Gasteiger partial charge in [-0.3, -0.25) is 14.9 Å². The number of nitrogens with one attached hydrogen (secondary N) is 2. The Morgan fingerprint density at radius 2 is 1.67 bits per heavy atom. The topological polar surface area (TPSA) is 146 Å². The van der Waals surface area contributed by atoms with Crippen molar-refractivity contribution in [1.29, 1.82) is 0 Å². The lowest BCUT2D eigenvalue weighted by Crippen LogP contribution is -2.23. The summed E-state index contributed by atoms with van der Waals surface area (Å²) in [6.45, 7) is 6.64. The molecule has 2 heterocycles. The van der Waals surface area contributed by atoms with Crippen LogP contribution in [0.5, 0.6) is 5.75 Å². The quantitative estimate of drug-likeness (QED) is 0.162. The fourth-order valence-electron chi connectivity index (χ4n) is 3.00. The fourth-order valence-corrected chi connectivity index (χ4v) is 6.13. The van der Waals surface area contributed by atoms with Crippen LogP contribution in [0.2, 0.25) is 5.02 Å². The van der Waals surface area contributed by atoms with Crippen molar-refractivity contribution < 1.29 is 33.4 Å². The van der Waals surface area contributed by atoms with Crippen LogP contribution in [0, 0.1) is 6.92 Å². The molecule has 2 aromatic heterocycles. The van der Waals surface area contributed by atoms with Gasteiger partial charge < -0.3 is 19.5 Å². The third kappa shape index (κ3) is 8.39. The smallest absolute Gasteiger partial charge is 0.348 e. The SMILES string of the molecule is CCOC(=O)c1sc(NC(=O)C(C)Sc2nnc(NC(=O)COc3ccc(Cl)cc3)s2)c(C(=O)OCC)c1C. The normalized spacial score (nSPS) is 11.4. The molecule has 0 saturated heterocycles. The van der Waals surface area contributed by atoms with E-state index in [0.29, 0.717) is 20.7 Å². The minimum Gasteiger partial charge on any atom is -0.484 e. The summed E-state index contributed by atoms with van der Waals surface area (Å²) in [5.74, 6) is -1.61. The molecule has 0 fully saturated rings. The molecule has 15 heteroatoms. The first-order valence-corrected chi connectivity index (χ1v) is 14.5. The molecule has 0 aliphatic heterocycles. The van der Waals surface area contributed by atoms with Crippen molar-refractivity contribution >= 4 is 79.9 Å². The molecule has 1 unspecified atom stereocenters. The molecular weight excluding hydrogens is 588 g/mol. The van der Waals surface area contributed by atoms with Crippen molar-refractivity contribution in [2.45, 2.75) is 37.3 Å². The number of hydrogen-bond acceptors (Lipinski definition) is 12. The summed E-state index contributed by atoms with van der Waals surface area (Å²) in [5.41, 5.74) is 0.481. The highest BCUT2D eigenvalue weighted by Crippen LogP contribution is 2.36. The van der Waals surface area contributed by atoms with Gasteiger partial charge in [0.15, 0.2) is 10.9 Å². The lowest BCUT2D eigenvalue weighted by atomic mass is 10.1. The molecule has 0 aliphatic rings. The molecule has 2 N–H and O–H groups in total. The second kappa shape index (κ2) is 14.3. The Hall–Kier alpha value is -3.20. The predicted molar refractivity (Wildman–Crippen MR) is 150 cm³/mol. The lowest BCUT2D eigenvalue weighted by Gasteiger charge is -2.10. The van der Waals surface area contributed by atoms with Gasteiger partial charge in [-0.25, -0.2) is 9.59 Å². The number of esters is 2. The standard InChI is InChI=1S/C24H25ClN4O7S3/c1-5-34-21(32)17-12(3)18(22(33)35-6-2)38-20(17)27-19(31)13(4)37-24-29-28-23(39-24)26-16(30)11-36-15-9-7-14(25)8-10-15/h7-10,13H,5-6,11H2,1-4H3,(H,27,31)(H,26,28,30). The molecule has 3 rings (SSSR count). The van der Waals surface area contributed by atoms with Gasteiger partial charge in [0.25, 0.3) is 5.91 Å². The average molecular weight is 613 g/mol. The maximum Gasteiger partial charge on any atom is 0.348 e. The van der Waals surface area contributed by atoms with Crippen LogP contribution in [0.15, 0.2) is 28.6 Å². The summed E-state index contributed by atoms with van der Waals surface area (Å²) in [5, 5.41) is 13.6. The Labute approximate surface area is 241 Å². The number of hydrogen-bond donors (Lipinski definition) is 2. The number of rotatable bonds is 12. The summed E-state index contributed by atoms with van der Waals surface area (Å²) in [7, 11) is 0. The Morgan fingerprint density at radius 1 is 1.00 bits per heavy atom. The van der Waals surface area contributed by atoms with Crippen molar-refractivity contribution in [3.05, 3.63) is 45.3 Å². The van der Waals surface area contributed by atoms with Gasteiger partial charge in [0, 0.05) is 5.02 Å². The number of benzene rings is 1. The van der Waals surface area contributed by atoms with Gasteiger partial charge in [-0.2, -0.15) is 0 Å². The zero-order chi connectivity index (χ0) is 28.5. The molecule has 0 saturated carbocycles. The largest absolute Gasteiger partial charge is 0.484 e. The number of carbonyl (C=O) groups excluding carboxylic acids is 4. The van der Waals surface area contributed by atoms with Crippen LogP contribution >= 0.6 is 46.0 Å². The number of aromatic nitrogens is 2. The van der Waals surface area contributed by atoms with E-state index in [9.17, 15) is 19.2 Å². The van der Waals surface area contributed by atoms with Crippen LogP contribution in [-0.4, -0.2) is 59.0 Å². The van der Waals surface area contributed by atoms with E-state index in [4.69, 9.17) is 25.8 Å². The number of anilines is 2. The predicted octanol–water partition coefficient (Wildman–Crippen LogP) is 5.05. The molecule has 11 nitrogen and oxygen atoms in total. The summed E-state index contributed by atoms with van der Waals surface area (Å²) < 4.78 is 16.0. The maximum absolute atomic E-state index is 13.0. The van der Waals surface area contributed by atoms with E-state index in [2.05, 4.69) is 20.8 Å². The van der Waals surface area contributed by atoms with Crippen LogP contribution in [0.3, 0.4) is 0 Å². The van der Waals surface area contributed by atoms with Crippen LogP contribution in [0.25, 0.3) is 0 Å². The minimum absolute atomic E-state index is 0.109. The molecule has 0 aliphatic carbocycles. The van der Waals surface area contributed by atoms with Gasteiger partial charge in [0.05, 0.1) is 24.0 Å². The van der Waals surface area contributed by atoms with E-state index in [0.717, 1.165) is 34.4 Å². The molecule has 0 bridgehead atoms. The first kappa shape index (κ1) is 30.3. The van der Waals surface area contributed by atoms with Crippen molar-refractivity contribution in [2.24, 2.45) is 0 Å². The summed E-state index contributed by atoms with van der Waals surface area (Å²) in [6.07, 6.45) is 0.